The number of amides is 1. The molecule has 3 N–H and O–H groups in total. The lowest BCUT2D eigenvalue weighted by molar-refractivity contribution is 0.102. The van der Waals surface area contributed by atoms with E-state index in [1.165, 1.54) is 19.1 Å². The highest BCUT2D eigenvalue weighted by atomic mass is 35.5. The van der Waals surface area contributed by atoms with Crippen LogP contribution in [-0.4, -0.2) is 30.6 Å². The average Bonchev–Trinajstić information content (AvgIpc) is 2.86. The summed E-state index contributed by atoms with van der Waals surface area (Å²) < 4.78 is 38.4. The molecule has 0 atom stereocenters. The van der Waals surface area contributed by atoms with Gasteiger partial charge in [-0.3, -0.25) is 9.35 Å². The molecule has 38 heavy (non-hydrogen) atoms. The molecule has 0 bridgehead atoms. The predicted molar refractivity (Wildman–Crippen MR) is 146 cm³/mol. The lowest BCUT2D eigenvalue weighted by Gasteiger charge is -2.13. The molecular formula is C26H21Cl2N3O6S. The first kappa shape index (κ1) is 27.3. The van der Waals surface area contributed by atoms with Gasteiger partial charge in [-0.05, 0) is 55.1 Å². The van der Waals surface area contributed by atoms with E-state index in [1.54, 1.807) is 49.4 Å². The normalized spacial score (nSPS) is 11.7. The summed E-state index contributed by atoms with van der Waals surface area (Å²) in [6, 6.07) is 15.7. The fraction of sp³-hybridized carbons (Fsp3) is 0.115. The summed E-state index contributed by atoms with van der Waals surface area (Å²) in [5.41, 5.74) is 0.160. The van der Waals surface area contributed by atoms with Gasteiger partial charge in [0, 0.05) is 5.39 Å². The number of hydrogen-bond donors (Lipinski definition) is 3. The number of phenolic OH excluding ortho intramolecular Hbond substituents is 1. The van der Waals surface area contributed by atoms with Crippen molar-refractivity contribution in [3.63, 3.8) is 0 Å². The second-order valence-electron chi connectivity index (χ2n) is 8.04. The summed E-state index contributed by atoms with van der Waals surface area (Å²) in [6.07, 6.45) is 0. The number of phenols is 1. The Labute approximate surface area is 228 Å². The zero-order chi connectivity index (χ0) is 27.6. The molecule has 4 aromatic carbocycles. The molecule has 4 rings (SSSR count). The van der Waals surface area contributed by atoms with Crippen LogP contribution in [0.15, 0.2) is 75.8 Å². The first-order chi connectivity index (χ1) is 18.0. The van der Waals surface area contributed by atoms with E-state index in [1.807, 2.05) is 0 Å². The van der Waals surface area contributed by atoms with Gasteiger partial charge in [0.15, 0.2) is 5.75 Å². The number of rotatable bonds is 7. The summed E-state index contributed by atoms with van der Waals surface area (Å²) in [5.74, 6) is -0.742. The third kappa shape index (κ3) is 5.44. The van der Waals surface area contributed by atoms with E-state index in [-0.39, 0.29) is 43.1 Å². The number of anilines is 1. The number of hydrogen-bond acceptors (Lipinski definition) is 7. The van der Waals surface area contributed by atoms with Gasteiger partial charge in [-0.25, -0.2) is 0 Å². The van der Waals surface area contributed by atoms with Gasteiger partial charge in [0.05, 0.1) is 27.8 Å². The van der Waals surface area contributed by atoms with Crippen LogP contribution < -0.4 is 10.1 Å². The van der Waals surface area contributed by atoms with Gasteiger partial charge in [0.2, 0.25) is 0 Å². The van der Waals surface area contributed by atoms with Gasteiger partial charge in [-0.2, -0.15) is 8.42 Å². The van der Waals surface area contributed by atoms with E-state index in [4.69, 9.17) is 27.9 Å². The van der Waals surface area contributed by atoms with Crippen molar-refractivity contribution >= 4 is 67.1 Å². The third-order valence-electron chi connectivity index (χ3n) is 5.61. The van der Waals surface area contributed by atoms with Crippen LogP contribution in [-0.2, 0) is 10.1 Å². The van der Waals surface area contributed by atoms with Crippen molar-refractivity contribution < 1.29 is 27.6 Å². The smallest absolute Gasteiger partial charge is 0.294 e. The highest BCUT2D eigenvalue weighted by molar-refractivity contribution is 7.85. The molecule has 0 aliphatic heterocycles. The van der Waals surface area contributed by atoms with Crippen LogP contribution in [0.3, 0.4) is 0 Å². The van der Waals surface area contributed by atoms with E-state index in [9.17, 15) is 22.9 Å². The fourth-order valence-electron chi connectivity index (χ4n) is 3.81. The number of ether oxygens (including phenoxy) is 1. The van der Waals surface area contributed by atoms with Gasteiger partial charge in [0.25, 0.3) is 16.0 Å². The number of halogens is 2. The molecule has 0 radical (unpaired) electrons. The van der Waals surface area contributed by atoms with E-state index in [0.717, 1.165) is 6.07 Å². The van der Waals surface area contributed by atoms with Gasteiger partial charge < -0.3 is 15.2 Å². The van der Waals surface area contributed by atoms with Gasteiger partial charge in [-0.15, -0.1) is 10.2 Å². The molecule has 1 amide bonds. The topological polar surface area (TPSA) is 138 Å². The van der Waals surface area contributed by atoms with Crippen molar-refractivity contribution in [3.8, 4) is 11.5 Å². The van der Waals surface area contributed by atoms with Gasteiger partial charge >= 0.3 is 0 Å². The summed E-state index contributed by atoms with van der Waals surface area (Å²) in [5, 5.41) is 23.3. The van der Waals surface area contributed by atoms with E-state index in [0.29, 0.717) is 23.1 Å². The monoisotopic (exact) mass is 573 g/mol. The molecule has 0 saturated heterocycles. The highest BCUT2D eigenvalue weighted by Gasteiger charge is 2.21. The fourth-order valence-corrected chi connectivity index (χ4v) is 5.00. The number of fused-ring (bicyclic) bond motifs is 1. The predicted octanol–water partition coefficient (Wildman–Crippen LogP) is 7.47. The average molecular weight is 574 g/mol. The Hall–Kier alpha value is -3.70. The van der Waals surface area contributed by atoms with Crippen molar-refractivity contribution in [2.75, 3.05) is 11.9 Å². The van der Waals surface area contributed by atoms with Crippen molar-refractivity contribution in [1.82, 2.24) is 0 Å². The number of benzene rings is 4. The molecular weight excluding hydrogens is 553 g/mol. The van der Waals surface area contributed by atoms with Crippen LogP contribution in [0, 0.1) is 6.92 Å². The molecule has 4 aromatic rings. The van der Waals surface area contributed by atoms with Crippen LogP contribution >= 0.6 is 23.2 Å². The molecule has 12 heteroatoms. The van der Waals surface area contributed by atoms with Crippen molar-refractivity contribution in [3.05, 3.63) is 81.8 Å². The Kier molecular flexibility index (Phi) is 7.89. The minimum Gasteiger partial charge on any atom is -0.505 e. The Morgan fingerprint density at radius 1 is 1.03 bits per heavy atom. The molecule has 196 valence electrons. The molecule has 0 saturated carbocycles. The Morgan fingerprint density at radius 2 is 1.74 bits per heavy atom. The maximum Gasteiger partial charge on any atom is 0.294 e. The van der Waals surface area contributed by atoms with Crippen LogP contribution in [0.4, 0.5) is 17.1 Å². The zero-order valence-electron chi connectivity index (χ0n) is 20.1. The lowest BCUT2D eigenvalue weighted by atomic mass is 10.0. The molecule has 0 unspecified atom stereocenters. The second kappa shape index (κ2) is 11.0. The Balaban J connectivity index is 1.81. The summed E-state index contributed by atoms with van der Waals surface area (Å²) in [4.78, 5) is 12.8. The Morgan fingerprint density at radius 3 is 2.45 bits per heavy atom. The number of carbonyl (C=O) groups excluding carboxylic acids is 1. The number of aromatic hydroxyl groups is 1. The Bertz CT molecular complexity index is 1710. The van der Waals surface area contributed by atoms with E-state index < -0.39 is 21.8 Å². The molecule has 0 spiro atoms. The maximum atomic E-state index is 13.2. The summed E-state index contributed by atoms with van der Waals surface area (Å²) in [7, 11) is -4.54. The molecule has 0 aromatic heterocycles. The molecule has 0 aliphatic carbocycles. The van der Waals surface area contributed by atoms with Crippen LogP contribution in [0.25, 0.3) is 10.8 Å². The standard InChI is InChI=1S/C26H21Cl2N3O6S/c1-3-37-20-10-6-9-19(22(20)28)29-26(33)17-13-15-7-4-5-8-16(15)24(25(17)32)31-30-23-14(2)21(38(34,35)36)12-11-18(23)27/h4-13,32H,3H2,1-2H3,(H,29,33)(H,34,35,36). The zero-order valence-corrected chi connectivity index (χ0v) is 22.4. The second-order valence-corrected chi connectivity index (χ2v) is 10.2. The van der Waals surface area contributed by atoms with Crippen molar-refractivity contribution in [1.29, 1.82) is 0 Å². The highest BCUT2D eigenvalue weighted by Crippen LogP contribution is 2.42. The number of nitrogens with zero attached hydrogens (tertiary/aromatic N) is 2. The number of nitrogens with one attached hydrogen (secondary N) is 1. The largest absolute Gasteiger partial charge is 0.505 e. The molecule has 0 fully saturated rings. The maximum absolute atomic E-state index is 13.2. The molecule has 0 heterocycles. The summed E-state index contributed by atoms with van der Waals surface area (Å²) in [6.45, 7) is 3.59. The first-order valence-electron chi connectivity index (χ1n) is 11.2. The van der Waals surface area contributed by atoms with Crippen molar-refractivity contribution in [2.45, 2.75) is 18.7 Å². The quantitative estimate of drug-likeness (QED) is 0.155. The van der Waals surface area contributed by atoms with Gasteiger partial charge in [0.1, 0.15) is 22.1 Å². The molecule has 0 aliphatic rings. The minimum absolute atomic E-state index is 0.0281. The third-order valence-corrected chi connectivity index (χ3v) is 7.30. The van der Waals surface area contributed by atoms with Crippen LogP contribution in [0.2, 0.25) is 10.0 Å². The number of azo groups is 1. The molecule has 9 nitrogen and oxygen atoms in total. The van der Waals surface area contributed by atoms with Crippen molar-refractivity contribution in [2.24, 2.45) is 10.2 Å². The SMILES string of the molecule is CCOc1cccc(NC(=O)c2cc3ccccc3c(N=Nc3c(Cl)ccc(S(=O)(=O)O)c3C)c2O)c1Cl. The summed E-state index contributed by atoms with van der Waals surface area (Å²) >= 11 is 12.6. The minimum atomic E-state index is -4.54. The first-order valence-corrected chi connectivity index (χ1v) is 13.4. The van der Waals surface area contributed by atoms with Gasteiger partial charge in [-0.1, -0.05) is 53.5 Å². The lowest BCUT2D eigenvalue weighted by Crippen LogP contribution is -2.13. The van der Waals surface area contributed by atoms with Crippen LogP contribution in [0.5, 0.6) is 11.5 Å². The number of carbonyl (C=O) groups is 1. The van der Waals surface area contributed by atoms with Crippen LogP contribution in [0.1, 0.15) is 22.8 Å². The van der Waals surface area contributed by atoms with E-state index in [2.05, 4.69) is 15.5 Å². The van der Waals surface area contributed by atoms with E-state index >= 15 is 0 Å².